The lowest BCUT2D eigenvalue weighted by Crippen LogP contribution is -2.38. The van der Waals surface area contributed by atoms with E-state index in [1.54, 1.807) is 18.4 Å². The molecule has 0 aliphatic rings. The topological polar surface area (TPSA) is 78.4 Å². The molecule has 1 heterocycles. The van der Waals surface area contributed by atoms with E-state index in [1.807, 2.05) is 39.0 Å². The molecular weight excluding hydrogens is 541 g/mol. The van der Waals surface area contributed by atoms with E-state index in [9.17, 15) is 4.79 Å². The van der Waals surface area contributed by atoms with Gasteiger partial charge < -0.3 is 16.0 Å². The van der Waals surface area contributed by atoms with Gasteiger partial charge in [-0.3, -0.25) is 9.79 Å². The van der Waals surface area contributed by atoms with E-state index < -0.39 is 0 Å². The largest absolute Gasteiger partial charge is 0.356 e. The predicted molar refractivity (Wildman–Crippen MR) is 127 cm³/mol. The lowest BCUT2D eigenvalue weighted by atomic mass is 10.2. The second-order valence-corrected chi connectivity index (χ2v) is 8.05. The summed E-state index contributed by atoms with van der Waals surface area (Å²) in [6, 6.07) is 5.78. The van der Waals surface area contributed by atoms with Crippen LogP contribution in [0.25, 0.3) is 0 Å². The third kappa shape index (κ3) is 7.74. The number of amides is 1. The molecule has 0 fully saturated rings. The molecule has 2 rings (SSSR count). The first-order valence-corrected chi connectivity index (χ1v) is 9.93. The van der Waals surface area contributed by atoms with E-state index in [2.05, 4.69) is 41.9 Å². The van der Waals surface area contributed by atoms with E-state index in [4.69, 9.17) is 0 Å². The van der Waals surface area contributed by atoms with Crippen molar-refractivity contribution in [1.82, 2.24) is 15.6 Å². The van der Waals surface area contributed by atoms with Crippen molar-refractivity contribution in [2.45, 2.75) is 33.7 Å². The third-order valence-electron chi connectivity index (χ3n) is 3.75. The number of benzene rings is 1. The van der Waals surface area contributed by atoms with Gasteiger partial charge in [0.2, 0.25) is 5.91 Å². The minimum atomic E-state index is -0.0349. The maximum Gasteiger partial charge on any atom is 0.226 e. The summed E-state index contributed by atoms with van der Waals surface area (Å²) in [5.74, 6) is 0.635. The van der Waals surface area contributed by atoms with Crippen molar-refractivity contribution in [2.75, 3.05) is 18.9 Å². The van der Waals surface area contributed by atoms with Gasteiger partial charge in [-0.15, -0.1) is 35.3 Å². The van der Waals surface area contributed by atoms with Crippen molar-refractivity contribution >= 4 is 68.8 Å². The zero-order valence-electron chi connectivity index (χ0n) is 15.9. The molecule has 1 aromatic heterocycles. The van der Waals surface area contributed by atoms with Crippen LogP contribution in [0.15, 0.2) is 27.7 Å². The zero-order chi connectivity index (χ0) is 19.1. The Hall–Kier alpha value is -1.20. The molecule has 27 heavy (non-hydrogen) atoms. The van der Waals surface area contributed by atoms with Crippen LogP contribution in [0.1, 0.15) is 27.6 Å². The molecule has 0 radical (unpaired) electrons. The monoisotopic (exact) mass is 565 g/mol. The number of nitrogens with one attached hydrogen (secondary N) is 3. The van der Waals surface area contributed by atoms with Gasteiger partial charge in [0.1, 0.15) is 0 Å². The molecule has 0 unspecified atom stereocenters. The Morgan fingerprint density at radius 3 is 2.59 bits per heavy atom. The van der Waals surface area contributed by atoms with Crippen molar-refractivity contribution in [3.63, 3.8) is 0 Å². The second kappa shape index (κ2) is 11.6. The average Bonchev–Trinajstić information content (AvgIpc) is 2.91. The summed E-state index contributed by atoms with van der Waals surface area (Å²) in [5.41, 5.74) is 2.89. The number of thiazole rings is 1. The van der Waals surface area contributed by atoms with Crippen LogP contribution in [0.5, 0.6) is 0 Å². The average molecular weight is 566 g/mol. The van der Waals surface area contributed by atoms with E-state index in [1.165, 1.54) is 4.88 Å². The Morgan fingerprint density at radius 2 is 2.00 bits per heavy atom. The molecule has 0 spiro atoms. The maximum absolute atomic E-state index is 12.1. The maximum atomic E-state index is 12.1. The van der Waals surface area contributed by atoms with Crippen LogP contribution < -0.4 is 16.0 Å². The number of hydrogen-bond donors (Lipinski definition) is 3. The third-order valence-corrected chi connectivity index (χ3v) is 5.31. The predicted octanol–water partition coefficient (Wildman–Crippen LogP) is 4.14. The van der Waals surface area contributed by atoms with Crippen molar-refractivity contribution in [1.29, 1.82) is 0 Å². The molecule has 0 atom stereocenters. The van der Waals surface area contributed by atoms with Crippen molar-refractivity contribution in [2.24, 2.45) is 4.99 Å². The normalized spacial score (nSPS) is 10.9. The summed E-state index contributed by atoms with van der Waals surface area (Å²) in [7, 11) is 1.71. The minimum Gasteiger partial charge on any atom is -0.356 e. The molecule has 0 saturated carbocycles. The summed E-state index contributed by atoms with van der Waals surface area (Å²) in [6.45, 7) is 7.14. The molecule has 9 heteroatoms. The van der Waals surface area contributed by atoms with E-state index in [0.29, 0.717) is 25.5 Å². The molecule has 0 bridgehead atoms. The quantitative estimate of drug-likeness (QED) is 0.279. The molecule has 0 saturated heterocycles. The van der Waals surface area contributed by atoms with Crippen LogP contribution in [0.3, 0.4) is 0 Å². The number of anilines is 1. The summed E-state index contributed by atoms with van der Waals surface area (Å²) < 4.78 is 0.996. The smallest absolute Gasteiger partial charge is 0.226 e. The molecule has 0 aliphatic heterocycles. The Kier molecular flexibility index (Phi) is 10.2. The number of aryl methyl sites for hydroxylation is 3. The van der Waals surface area contributed by atoms with Crippen molar-refractivity contribution in [3.05, 3.63) is 43.8 Å². The van der Waals surface area contributed by atoms with Gasteiger partial charge in [0.05, 0.1) is 17.2 Å². The molecule has 148 valence electrons. The van der Waals surface area contributed by atoms with Gasteiger partial charge in [-0.2, -0.15) is 0 Å². The summed E-state index contributed by atoms with van der Waals surface area (Å²) in [5, 5.41) is 10.4. The van der Waals surface area contributed by atoms with Gasteiger partial charge >= 0.3 is 0 Å². The van der Waals surface area contributed by atoms with Gasteiger partial charge in [-0.25, -0.2) is 4.98 Å². The lowest BCUT2D eigenvalue weighted by molar-refractivity contribution is -0.116. The fraction of sp³-hybridized carbons (Fsp3) is 0.389. The van der Waals surface area contributed by atoms with Gasteiger partial charge in [0, 0.05) is 35.1 Å². The van der Waals surface area contributed by atoms with Crippen molar-refractivity contribution < 1.29 is 4.79 Å². The molecule has 2 aromatic rings. The molecule has 1 amide bonds. The Bertz CT molecular complexity index is 809. The molecule has 0 aliphatic carbocycles. The van der Waals surface area contributed by atoms with Gasteiger partial charge in [-0.1, -0.05) is 15.9 Å². The summed E-state index contributed by atoms with van der Waals surface area (Å²) >= 11 is 5.09. The van der Waals surface area contributed by atoms with Crippen molar-refractivity contribution in [3.8, 4) is 0 Å². The van der Waals surface area contributed by atoms with Crippen LogP contribution in [0.4, 0.5) is 5.69 Å². The van der Waals surface area contributed by atoms with E-state index in [-0.39, 0.29) is 29.9 Å². The van der Waals surface area contributed by atoms with Crippen LogP contribution in [0.2, 0.25) is 0 Å². The Labute approximate surface area is 189 Å². The highest BCUT2D eigenvalue weighted by Gasteiger charge is 2.08. The Morgan fingerprint density at radius 1 is 1.26 bits per heavy atom. The highest BCUT2D eigenvalue weighted by atomic mass is 127. The van der Waals surface area contributed by atoms with Gasteiger partial charge in [0.15, 0.2) is 5.96 Å². The number of aliphatic imine (C=N–C) groups is 1. The van der Waals surface area contributed by atoms with Crippen LogP contribution in [-0.4, -0.2) is 30.4 Å². The first-order valence-electron chi connectivity index (χ1n) is 8.32. The minimum absolute atomic E-state index is 0. The zero-order valence-corrected chi connectivity index (χ0v) is 20.6. The van der Waals surface area contributed by atoms with E-state index >= 15 is 0 Å². The molecule has 1 aromatic carbocycles. The summed E-state index contributed by atoms with van der Waals surface area (Å²) in [6.07, 6.45) is 0.356. The first-order chi connectivity index (χ1) is 12.4. The number of carbonyl (C=O) groups excluding carboxylic acids is 1. The Balaban J connectivity index is 0.00000364. The van der Waals surface area contributed by atoms with E-state index in [0.717, 1.165) is 26.4 Å². The lowest BCUT2D eigenvalue weighted by Gasteiger charge is -2.12. The first kappa shape index (κ1) is 23.8. The fourth-order valence-corrected chi connectivity index (χ4v) is 3.75. The summed E-state index contributed by atoms with van der Waals surface area (Å²) in [4.78, 5) is 21.9. The SMILES string of the molecule is CN=C(NCCC(=O)Nc1ccc(Br)cc1C)NCc1sc(C)nc1C.I. The number of carbonyl (C=O) groups is 1. The number of aromatic nitrogens is 1. The fourth-order valence-electron chi connectivity index (χ4n) is 2.40. The second-order valence-electron chi connectivity index (χ2n) is 5.85. The number of nitrogens with zero attached hydrogens (tertiary/aromatic N) is 2. The van der Waals surface area contributed by atoms with Crippen LogP contribution in [-0.2, 0) is 11.3 Å². The molecule has 6 nitrogen and oxygen atoms in total. The highest BCUT2D eigenvalue weighted by Crippen LogP contribution is 2.20. The standard InChI is InChI=1S/C18H24BrN5OS.HI/c1-11-9-14(19)5-6-15(11)24-17(25)7-8-21-18(20-4)22-10-16-12(2)23-13(3)26-16;/h5-6,9H,7-8,10H2,1-4H3,(H,24,25)(H2,20,21,22);1H. The number of halogens is 2. The van der Waals surface area contributed by atoms with Gasteiger partial charge in [-0.05, 0) is 44.5 Å². The van der Waals surface area contributed by atoms with Crippen LogP contribution >= 0.6 is 51.2 Å². The molecule has 3 N–H and O–H groups in total. The number of guanidine groups is 1. The van der Waals surface area contributed by atoms with Gasteiger partial charge in [0.25, 0.3) is 0 Å². The highest BCUT2D eigenvalue weighted by molar-refractivity contribution is 14.0. The number of rotatable bonds is 6. The molecular formula is C18H25BrIN5OS. The number of hydrogen-bond acceptors (Lipinski definition) is 4. The van der Waals surface area contributed by atoms with Crippen LogP contribution in [0, 0.1) is 20.8 Å².